The Balaban J connectivity index is 1.90. The molecule has 0 aliphatic carbocycles. The van der Waals surface area contributed by atoms with E-state index in [0.29, 0.717) is 11.5 Å². The summed E-state index contributed by atoms with van der Waals surface area (Å²) in [7, 11) is 1.48. The summed E-state index contributed by atoms with van der Waals surface area (Å²) in [5, 5.41) is 6.20. The Morgan fingerprint density at radius 2 is 1.90 bits per heavy atom. The number of halogens is 1. The van der Waals surface area contributed by atoms with Crippen LogP contribution in [-0.4, -0.2) is 50.7 Å². The summed E-state index contributed by atoms with van der Waals surface area (Å²) in [6, 6.07) is 9.45. The number of ether oxygens (including phenoxy) is 1. The van der Waals surface area contributed by atoms with Gasteiger partial charge in [-0.05, 0) is 56.5 Å². The van der Waals surface area contributed by atoms with E-state index in [9.17, 15) is 14.0 Å². The average Bonchev–Trinajstić information content (AvgIpc) is 3.29. The van der Waals surface area contributed by atoms with Crippen LogP contribution >= 0.6 is 11.3 Å². The van der Waals surface area contributed by atoms with Crippen LogP contribution in [0.3, 0.4) is 0 Å². The lowest BCUT2D eigenvalue weighted by Gasteiger charge is -2.22. The Morgan fingerprint density at radius 1 is 1.21 bits per heavy atom. The third-order valence-corrected chi connectivity index (χ3v) is 4.61. The van der Waals surface area contributed by atoms with E-state index in [0.717, 1.165) is 4.88 Å². The lowest BCUT2D eigenvalue weighted by Crippen LogP contribution is -2.36. The van der Waals surface area contributed by atoms with Crippen LogP contribution < -0.4 is 0 Å². The molecular weight excluding hydrogens is 395 g/mol. The van der Waals surface area contributed by atoms with Gasteiger partial charge < -0.3 is 9.64 Å². The summed E-state index contributed by atoms with van der Waals surface area (Å²) in [4.78, 5) is 31.2. The molecule has 2 aromatic heterocycles. The number of esters is 1. The molecule has 0 N–H and O–H groups in total. The minimum absolute atomic E-state index is 0.0659. The van der Waals surface area contributed by atoms with Crippen molar-refractivity contribution in [2.75, 3.05) is 13.6 Å². The molecule has 2 heterocycles. The number of benzene rings is 1. The SMILES string of the molecule is CN(CC(=O)OC(C)(C)C)C(=O)c1nc(-c2cccs2)n(-c2ccc(F)cc2)n1. The highest BCUT2D eigenvalue weighted by molar-refractivity contribution is 7.13. The molecule has 0 aliphatic heterocycles. The summed E-state index contributed by atoms with van der Waals surface area (Å²) < 4.78 is 20.0. The number of hydrogen-bond acceptors (Lipinski definition) is 6. The van der Waals surface area contributed by atoms with Gasteiger partial charge in [-0.1, -0.05) is 6.07 Å². The lowest BCUT2D eigenvalue weighted by atomic mass is 10.2. The molecule has 0 spiro atoms. The Kier molecular flexibility index (Phi) is 5.78. The van der Waals surface area contributed by atoms with Crippen molar-refractivity contribution in [3.05, 3.63) is 53.4 Å². The Labute approximate surface area is 171 Å². The molecule has 0 radical (unpaired) electrons. The van der Waals surface area contributed by atoms with Crippen molar-refractivity contribution >= 4 is 23.2 Å². The first-order chi connectivity index (χ1) is 13.6. The van der Waals surface area contributed by atoms with Crippen LogP contribution in [0.1, 0.15) is 31.4 Å². The molecule has 0 unspecified atom stereocenters. The average molecular weight is 416 g/mol. The van der Waals surface area contributed by atoms with Gasteiger partial charge in [0.2, 0.25) is 5.82 Å². The third kappa shape index (κ3) is 5.05. The fourth-order valence-corrected chi connectivity index (χ4v) is 3.24. The first-order valence-electron chi connectivity index (χ1n) is 8.88. The van der Waals surface area contributed by atoms with Gasteiger partial charge in [-0.15, -0.1) is 16.4 Å². The predicted octanol–water partition coefficient (Wildman–Crippen LogP) is 3.55. The zero-order valence-electron chi connectivity index (χ0n) is 16.5. The molecule has 1 amide bonds. The van der Waals surface area contributed by atoms with Crippen LogP contribution in [0.2, 0.25) is 0 Å². The minimum atomic E-state index is -0.643. The number of amides is 1. The maximum atomic E-state index is 13.3. The van der Waals surface area contributed by atoms with Crippen molar-refractivity contribution in [3.63, 3.8) is 0 Å². The van der Waals surface area contributed by atoms with E-state index in [2.05, 4.69) is 10.1 Å². The molecule has 3 aromatic rings. The molecule has 0 saturated carbocycles. The van der Waals surface area contributed by atoms with Gasteiger partial charge in [0.25, 0.3) is 5.91 Å². The Hall–Kier alpha value is -3.07. The van der Waals surface area contributed by atoms with E-state index in [1.165, 1.54) is 40.1 Å². The normalized spacial score (nSPS) is 11.3. The van der Waals surface area contributed by atoms with Crippen LogP contribution in [-0.2, 0) is 9.53 Å². The van der Waals surface area contributed by atoms with E-state index in [4.69, 9.17) is 4.74 Å². The highest BCUT2D eigenvalue weighted by Crippen LogP contribution is 2.26. The molecule has 0 atom stereocenters. The number of likely N-dealkylation sites (N-methyl/N-ethyl adjacent to an activating group) is 1. The highest BCUT2D eigenvalue weighted by Gasteiger charge is 2.25. The largest absolute Gasteiger partial charge is 0.459 e. The first kappa shape index (κ1) is 20.7. The first-order valence-corrected chi connectivity index (χ1v) is 9.76. The van der Waals surface area contributed by atoms with Gasteiger partial charge in [0.1, 0.15) is 18.0 Å². The fourth-order valence-electron chi connectivity index (χ4n) is 2.54. The molecule has 0 saturated heterocycles. The summed E-state index contributed by atoms with van der Waals surface area (Å²) in [5.74, 6) is -1.02. The predicted molar refractivity (Wildman–Crippen MR) is 107 cm³/mol. The van der Waals surface area contributed by atoms with Crippen molar-refractivity contribution in [2.24, 2.45) is 0 Å². The summed E-state index contributed by atoms with van der Waals surface area (Å²) in [6.45, 7) is 5.04. The summed E-state index contributed by atoms with van der Waals surface area (Å²) >= 11 is 1.44. The topological polar surface area (TPSA) is 77.3 Å². The number of hydrogen-bond donors (Lipinski definition) is 0. The smallest absolute Gasteiger partial charge is 0.326 e. The maximum Gasteiger partial charge on any atom is 0.326 e. The lowest BCUT2D eigenvalue weighted by molar-refractivity contribution is -0.155. The molecule has 29 heavy (non-hydrogen) atoms. The third-order valence-electron chi connectivity index (χ3n) is 3.74. The molecule has 3 rings (SSSR count). The van der Waals surface area contributed by atoms with E-state index in [1.54, 1.807) is 32.9 Å². The van der Waals surface area contributed by atoms with Crippen molar-refractivity contribution in [1.29, 1.82) is 0 Å². The van der Waals surface area contributed by atoms with Gasteiger partial charge in [0.15, 0.2) is 5.82 Å². The van der Waals surface area contributed by atoms with E-state index in [1.807, 2.05) is 17.5 Å². The molecular formula is C20H21FN4O3S. The second-order valence-corrected chi connectivity index (χ2v) is 8.32. The van der Waals surface area contributed by atoms with Crippen LogP contribution in [0.4, 0.5) is 4.39 Å². The van der Waals surface area contributed by atoms with E-state index in [-0.39, 0.29) is 18.2 Å². The number of thiophene rings is 1. The highest BCUT2D eigenvalue weighted by atomic mass is 32.1. The Bertz CT molecular complexity index is 1010. The maximum absolute atomic E-state index is 13.3. The van der Waals surface area contributed by atoms with Crippen LogP contribution in [0.5, 0.6) is 0 Å². The van der Waals surface area contributed by atoms with Gasteiger partial charge in [0.05, 0.1) is 10.6 Å². The van der Waals surface area contributed by atoms with Gasteiger partial charge >= 0.3 is 5.97 Å². The molecule has 1 aromatic carbocycles. The van der Waals surface area contributed by atoms with Gasteiger partial charge in [-0.3, -0.25) is 9.59 Å². The summed E-state index contributed by atoms with van der Waals surface area (Å²) in [6.07, 6.45) is 0. The number of nitrogens with zero attached hydrogens (tertiary/aromatic N) is 4. The number of carbonyl (C=O) groups excluding carboxylic acids is 2. The van der Waals surface area contributed by atoms with Crippen LogP contribution in [0, 0.1) is 5.82 Å². The fraction of sp³-hybridized carbons (Fsp3) is 0.300. The number of rotatable bonds is 5. The zero-order chi connectivity index (χ0) is 21.2. The van der Waals surface area contributed by atoms with Crippen LogP contribution in [0.15, 0.2) is 41.8 Å². The second-order valence-electron chi connectivity index (χ2n) is 7.37. The Morgan fingerprint density at radius 3 is 2.48 bits per heavy atom. The molecule has 9 heteroatoms. The molecule has 7 nitrogen and oxygen atoms in total. The van der Waals surface area contributed by atoms with Crippen LogP contribution in [0.25, 0.3) is 16.4 Å². The van der Waals surface area contributed by atoms with Gasteiger partial charge in [-0.25, -0.2) is 14.1 Å². The molecule has 0 bridgehead atoms. The monoisotopic (exact) mass is 416 g/mol. The van der Waals surface area contributed by atoms with Crippen molar-refractivity contribution in [1.82, 2.24) is 19.7 Å². The van der Waals surface area contributed by atoms with Crippen molar-refractivity contribution < 1.29 is 18.7 Å². The van der Waals surface area contributed by atoms with E-state index >= 15 is 0 Å². The minimum Gasteiger partial charge on any atom is -0.459 e. The van der Waals surface area contributed by atoms with Crippen molar-refractivity contribution in [2.45, 2.75) is 26.4 Å². The zero-order valence-corrected chi connectivity index (χ0v) is 17.4. The van der Waals surface area contributed by atoms with Crippen molar-refractivity contribution in [3.8, 4) is 16.4 Å². The molecule has 152 valence electrons. The number of carbonyl (C=O) groups is 2. The van der Waals surface area contributed by atoms with Gasteiger partial charge in [-0.2, -0.15) is 0 Å². The molecule has 0 aliphatic rings. The second kappa shape index (κ2) is 8.12. The van der Waals surface area contributed by atoms with Gasteiger partial charge in [0, 0.05) is 7.05 Å². The standard InChI is InChI=1S/C20H21FN4O3S/c1-20(2,3)28-16(26)12-24(4)19(27)17-22-18(15-6-5-11-29-15)25(23-17)14-9-7-13(21)8-10-14/h5-11H,12H2,1-4H3. The summed E-state index contributed by atoms with van der Waals surface area (Å²) in [5.41, 5.74) is -0.0773. The quantitative estimate of drug-likeness (QED) is 0.595. The van der Waals surface area contributed by atoms with E-state index < -0.39 is 17.5 Å². The number of aromatic nitrogens is 3. The molecule has 0 fully saturated rings.